The second-order valence-corrected chi connectivity index (χ2v) is 6.59. The van der Waals surface area contributed by atoms with E-state index in [1.54, 1.807) is 0 Å². The van der Waals surface area contributed by atoms with Gasteiger partial charge in [-0.1, -0.05) is 26.7 Å². The highest BCUT2D eigenvalue weighted by Crippen LogP contribution is 2.05. The van der Waals surface area contributed by atoms with Gasteiger partial charge in [0.1, 0.15) is 9.84 Å². The minimum atomic E-state index is -2.86. The van der Waals surface area contributed by atoms with Crippen molar-refractivity contribution >= 4 is 9.84 Å². The molecule has 0 aliphatic rings. The minimum absolute atomic E-state index is 0.0572. The van der Waals surface area contributed by atoms with Crippen molar-refractivity contribution in [3.8, 4) is 0 Å². The third-order valence-corrected chi connectivity index (χ3v) is 3.58. The summed E-state index contributed by atoms with van der Waals surface area (Å²) in [6, 6.07) is 0.517. The van der Waals surface area contributed by atoms with Crippen LogP contribution in [0.5, 0.6) is 0 Å². The summed E-state index contributed by atoms with van der Waals surface area (Å²) in [4.78, 5) is 0. The first-order chi connectivity index (χ1) is 6.89. The monoisotopic (exact) mass is 235 g/mol. The molecule has 15 heavy (non-hydrogen) atoms. The molecule has 0 aliphatic carbocycles. The smallest absolute Gasteiger partial charge is 0.148 e. The van der Waals surface area contributed by atoms with E-state index in [0.29, 0.717) is 6.04 Å². The molecule has 0 saturated heterocycles. The van der Waals surface area contributed by atoms with Crippen LogP contribution in [0.15, 0.2) is 0 Å². The molecule has 0 rings (SSSR count). The van der Waals surface area contributed by atoms with Gasteiger partial charge in [0.25, 0.3) is 0 Å². The van der Waals surface area contributed by atoms with Crippen LogP contribution in [0, 0.1) is 0 Å². The van der Waals surface area contributed by atoms with Crippen molar-refractivity contribution in [3.63, 3.8) is 0 Å². The van der Waals surface area contributed by atoms with Crippen molar-refractivity contribution in [1.29, 1.82) is 0 Å². The van der Waals surface area contributed by atoms with E-state index >= 15 is 0 Å². The minimum Gasteiger partial charge on any atom is -0.311 e. The van der Waals surface area contributed by atoms with E-state index in [2.05, 4.69) is 19.2 Å². The van der Waals surface area contributed by atoms with Gasteiger partial charge in [0.2, 0.25) is 0 Å². The molecular weight excluding hydrogens is 210 g/mol. The molecule has 3 nitrogen and oxygen atoms in total. The Balaban J connectivity index is 3.95. The zero-order valence-electron chi connectivity index (χ0n) is 10.4. The summed E-state index contributed by atoms with van der Waals surface area (Å²) < 4.78 is 22.2. The van der Waals surface area contributed by atoms with Gasteiger partial charge in [-0.25, -0.2) is 8.42 Å². The van der Waals surface area contributed by atoms with E-state index in [9.17, 15) is 8.42 Å². The predicted molar refractivity (Wildman–Crippen MR) is 65.9 cm³/mol. The maximum atomic E-state index is 11.1. The molecule has 2 atom stereocenters. The van der Waals surface area contributed by atoms with Gasteiger partial charge in [-0.15, -0.1) is 0 Å². The number of unbranched alkanes of at least 4 members (excludes halogenated alkanes) is 1. The van der Waals surface area contributed by atoms with E-state index in [-0.39, 0.29) is 11.8 Å². The van der Waals surface area contributed by atoms with Crippen molar-refractivity contribution in [1.82, 2.24) is 5.32 Å². The van der Waals surface area contributed by atoms with Gasteiger partial charge in [0, 0.05) is 18.3 Å². The Labute approximate surface area is 94.6 Å². The standard InChI is InChI=1S/C11H25NO2S/c1-5-7-8-11(6-2)12-10(3)9-15(4,13)14/h10-12H,5-9H2,1-4H3. The van der Waals surface area contributed by atoms with Gasteiger partial charge in [-0.05, 0) is 19.8 Å². The molecule has 92 valence electrons. The highest BCUT2D eigenvalue weighted by Gasteiger charge is 2.13. The number of sulfone groups is 1. The third-order valence-electron chi connectivity index (χ3n) is 2.47. The highest BCUT2D eigenvalue weighted by atomic mass is 32.2. The lowest BCUT2D eigenvalue weighted by Crippen LogP contribution is -2.40. The van der Waals surface area contributed by atoms with E-state index in [1.807, 2.05) is 6.92 Å². The van der Waals surface area contributed by atoms with Crippen LogP contribution in [0.3, 0.4) is 0 Å². The van der Waals surface area contributed by atoms with Crippen LogP contribution in [-0.4, -0.2) is 32.5 Å². The summed E-state index contributed by atoms with van der Waals surface area (Å²) in [5, 5.41) is 3.38. The third kappa shape index (κ3) is 8.88. The second kappa shape index (κ2) is 7.23. The van der Waals surface area contributed by atoms with Crippen molar-refractivity contribution in [2.24, 2.45) is 0 Å². The van der Waals surface area contributed by atoms with Crippen LogP contribution >= 0.6 is 0 Å². The maximum Gasteiger partial charge on any atom is 0.148 e. The first kappa shape index (κ1) is 14.9. The van der Waals surface area contributed by atoms with Crippen molar-refractivity contribution < 1.29 is 8.42 Å². The van der Waals surface area contributed by atoms with Crippen LogP contribution < -0.4 is 5.32 Å². The fourth-order valence-corrected chi connectivity index (χ4v) is 2.76. The Kier molecular flexibility index (Phi) is 7.18. The molecule has 0 spiro atoms. The SMILES string of the molecule is CCCCC(CC)NC(C)CS(C)(=O)=O. The molecule has 0 aromatic rings. The quantitative estimate of drug-likeness (QED) is 0.700. The molecule has 0 saturated carbocycles. The van der Waals surface area contributed by atoms with Gasteiger partial charge in [0.15, 0.2) is 0 Å². The molecule has 0 amide bonds. The lowest BCUT2D eigenvalue weighted by molar-refractivity contribution is 0.417. The average molecular weight is 235 g/mol. The lowest BCUT2D eigenvalue weighted by atomic mass is 10.1. The van der Waals surface area contributed by atoms with Crippen LogP contribution in [0.4, 0.5) is 0 Å². The normalized spacial score (nSPS) is 16.3. The Morgan fingerprint density at radius 2 is 1.87 bits per heavy atom. The van der Waals surface area contributed by atoms with E-state index in [4.69, 9.17) is 0 Å². The van der Waals surface area contributed by atoms with E-state index in [0.717, 1.165) is 12.8 Å². The number of rotatable bonds is 8. The second-order valence-electron chi connectivity index (χ2n) is 4.41. The molecule has 0 radical (unpaired) electrons. The molecule has 0 aromatic carbocycles. The highest BCUT2D eigenvalue weighted by molar-refractivity contribution is 7.90. The fraction of sp³-hybridized carbons (Fsp3) is 1.00. The van der Waals surface area contributed by atoms with Gasteiger partial charge >= 0.3 is 0 Å². The summed E-state index contributed by atoms with van der Waals surface area (Å²) in [5.74, 6) is 0.232. The molecule has 2 unspecified atom stereocenters. The Morgan fingerprint density at radius 1 is 1.27 bits per heavy atom. The van der Waals surface area contributed by atoms with Crippen LogP contribution in [0.25, 0.3) is 0 Å². The molecule has 0 bridgehead atoms. The summed E-state index contributed by atoms with van der Waals surface area (Å²) in [6.07, 6.45) is 5.89. The summed E-state index contributed by atoms with van der Waals surface area (Å²) in [5.41, 5.74) is 0. The van der Waals surface area contributed by atoms with Gasteiger partial charge in [-0.2, -0.15) is 0 Å². The number of hydrogen-bond acceptors (Lipinski definition) is 3. The first-order valence-electron chi connectivity index (χ1n) is 5.82. The van der Waals surface area contributed by atoms with Crippen molar-refractivity contribution in [3.05, 3.63) is 0 Å². The molecule has 0 heterocycles. The lowest BCUT2D eigenvalue weighted by Gasteiger charge is -2.21. The van der Waals surface area contributed by atoms with Gasteiger partial charge in [0.05, 0.1) is 5.75 Å². The summed E-state index contributed by atoms with van der Waals surface area (Å²) in [7, 11) is -2.86. The Morgan fingerprint density at radius 3 is 2.27 bits per heavy atom. The zero-order chi connectivity index (χ0) is 11.9. The molecule has 1 N–H and O–H groups in total. The predicted octanol–water partition coefficient (Wildman–Crippen LogP) is 1.98. The topological polar surface area (TPSA) is 46.2 Å². The Bertz CT molecular complexity index is 249. The number of hydrogen-bond donors (Lipinski definition) is 1. The summed E-state index contributed by atoms with van der Waals surface area (Å²) >= 11 is 0. The molecule has 0 aliphatic heterocycles. The fourth-order valence-electron chi connectivity index (χ4n) is 1.76. The van der Waals surface area contributed by atoms with Gasteiger partial charge < -0.3 is 5.32 Å². The van der Waals surface area contributed by atoms with Crippen LogP contribution in [-0.2, 0) is 9.84 Å². The molecule has 0 aromatic heterocycles. The molecule has 4 heteroatoms. The average Bonchev–Trinajstić information content (AvgIpc) is 2.09. The van der Waals surface area contributed by atoms with Crippen LogP contribution in [0.2, 0.25) is 0 Å². The Hall–Kier alpha value is -0.0900. The van der Waals surface area contributed by atoms with Crippen molar-refractivity contribution in [2.75, 3.05) is 12.0 Å². The van der Waals surface area contributed by atoms with E-state index in [1.165, 1.54) is 19.1 Å². The molecular formula is C11H25NO2S. The summed E-state index contributed by atoms with van der Waals surface area (Å²) in [6.45, 7) is 6.25. The zero-order valence-corrected chi connectivity index (χ0v) is 11.2. The molecule has 0 fully saturated rings. The van der Waals surface area contributed by atoms with Crippen molar-refractivity contribution in [2.45, 2.75) is 58.5 Å². The largest absolute Gasteiger partial charge is 0.311 e. The van der Waals surface area contributed by atoms with Crippen LogP contribution in [0.1, 0.15) is 46.5 Å². The first-order valence-corrected chi connectivity index (χ1v) is 7.88. The number of nitrogens with one attached hydrogen (secondary N) is 1. The maximum absolute atomic E-state index is 11.1. The van der Waals surface area contributed by atoms with Gasteiger partial charge in [-0.3, -0.25) is 0 Å². The van der Waals surface area contributed by atoms with E-state index < -0.39 is 9.84 Å².